The lowest BCUT2D eigenvalue weighted by Gasteiger charge is -2.41. The number of carbonyl (C=O) groups is 2. The van der Waals surface area contributed by atoms with Gasteiger partial charge >= 0.3 is 5.97 Å². The smallest absolute Gasteiger partial charge is 0.306 e. The third-order valence-electron chi connectivity index (χ3n) is 14.6. The van der Waals surface area contributed by atoms with Crippen molar-refractivity contribution in [2.24, 2.45) is 0 Å². The largest absolute Gasteiger partial charge is 0.454 e. The van der Waals surface area contributed by atoms with Gasteiger partial charge in [-0.25, -0.2) is 0 Å². The summed E-state index contributed by atoms with van der Waals surface area (Å²) in [5.41, 5.74) is 0. The number of hydrogen-bond donors (Lipinski definition) is 6. The number of allylic oxidation sites excluding steroid dienone is 3. The molecule has 1 fully saturated rings. The van der Waals surface area contributed by atoms with E-state index >= 15 is 0 Å². The first-order chi connectivity index (χ1) is 35.2. The molecule has 6 N–H and O–H groups in total. The summed E-state index contributed by atoms with van der Waals surface area (Å²) in [5.74, 6) is -1.20. The molecule has 11 nitrogen and oxygen atoms in total. The minimum atomic E-state index is -1.61. The first-order valence-corrected chi connectivity index (χ1v) is 30.6. The lowest BCUT2D eigenvalue weighted by Crippen LogP contribution is -2.61. The highest BCUT2D eigenvalue weighted by Crippen LogP contribution is 2.26. The van der Waals surface area contributed by atoms with Crippen molar-refractivity contribution in [3.05, 3.63) is 24.3 Å². The molecule has 8 atom stereocenters. The van der Waals surface area contributed by atoms with Gasteiger partial charge in [-0.05, 0) is 51.4 Å². The molecule has 8 unspecified atom stereocenters. The van der Waals surface area contributed by atoms with E-state index in [1.165, 1.54) is 186 Å². The van der Waals surface area contributed by atoms with Crippen molar-refractivity contribution < 1.29 is 49.3 Å². The molecule has 1 heterocycles. The molecular weight excluding hydrogens is 907 g/mol. The van der Waals surface area contributed by atoms with Gasteiger partial charge in [0.15, 0.2) is 12.4 Å². The van der Waals surface area contributed by atoms with E-state index in [9.17, 15) is 35.1 Å². The normalized spacial score (nSPS) is 19.6. The first-order valence-electron chi connectivity index (χ1n) is 30.6. The molecule has 0 radical (unpaired) electrons. The van der Waals surface area contributed by atoms with Crippen molar-refractivity contribution in [3.8, 4) is 0 Å². The van der Waals surface area contributed by atoms with Gasteiger partial charge in [0.1, 0.15) is 24.4 Å². The topological polar surface area (TPSA) is 175 Å². The maximum Gasteiger partial charge on any atom is 0.306 e. The van der Waals surface area contributed by atoms with Gasteiger partial charge in [0, 0.05) is 6.42 Å². The monoisotopic (exact) mass is 1020 g/mol. The van der Waals surface area contributed by atoms with E-state index in [-0.39, 0.29) is 19.4 Å². The predicted molar refractivity (Wildman–Crippen MR) is 297 cm³/mol. The van der Waals surface area contributed by atoms with Gasteiger partial charge in [-0.2, -0.15) is 0 Å². The summed E-state index contributed by atoms with van der Waals surface area (Å²) in [6, 6.07) is -1.03. The van der Waals surface area contributed by atoms with Crippen LogP contribution < -0.4 is 5.32 Å². The van der Waals surface area contributed by atoms with Crippen LogP contribution >= 0.6 is 0 Å². The Bertz CT molecular complexity index is 1270. The SMILES string of the molecule is CCCCCCCCC/C=C\CCCCC(O)C(=O)NC(COC1OC(CO)C(O)C(O)C1OC(=O)CCCCCCCCCCCCCCCCCCCCC)C(O)/C=C/CCCCCCCCCCC. The second-order valence-electron chi connectivity index (χ2n) is 21.4. The molecule has 0 aromatic carbocycles. The Morgan fingerprint density at radius 2 is 0.917 bits per heavy atom. The Hall–Kier alpha value is -1.86. The summed E-state index contributed by atoms with van der Waals surface area (Å²) in [7, 11) is 0. The molecule has 424 valence electrons. The van der Waals surface area contributed by atoms with Crippen LogP contribution in [0.3, 0.4) is 0 Å². The standard InChI is InChI=1S/C61H115NO10/c1-4-7-10-13-16-19-22-24-25-26-27-28-29-31-34-37-40-43-46-49-56(66)72-59-58(68)57(67)55(50-63)71-61(59)70-51-52(53(64)47-44-41-38-35-32-21-18-15-12-9-6-3)62-60(69)54(65)48-45-42-39-36-33-30-23-20-17-14-11-8-5-2/h33,36,44,47,52-55,57-59,61,63-65,67-68H,4-32,34-35,37-43,45-46,48-51H2,1-3H3,(H,62,69)/b36-33-,47-44+. The fourth-order valence-electron chi connectivity index (χ4n) is 9.71. The number of rotatable bonds is 52. The van der Waals surface area contributed by atoms with Crippen LogP contribution in [0.25, 0.3) is 0 Å². The number of amides is 1. The molecule has 1 aliphatic heterocycles. The van der Waals surface area contributed by atoms with Crippen molar-refractivity contribution in [1.82, 2.24) is 5.32 Å². The van der Waals surface area contributed by atoms with E-state index in [4.69, 9.17) is 14.2 Å². The van der Waals surface area contributed by atoms with Crippen molar-refractivity contribution in [2.45, 2.75) is 339 Å². The van der Waals surface area contributed by atoms with E-state index < -0.39 is 67.4 Å². The first kappa shape index (κ1) is 68.2. The molecule has 1 rings (SSSR count). The number of hydrogen-bond acceptors (Lipinski definition) is 10. The number of carbonyl (C=O) groups excluding carboxylic acids is 2. The average Bonchev–Trinajstić information content (AvgIpc) is 3.38. The molecular formula is C61H115NO10. The summed E-state index contributed by atoms with van der Waals surface area (Å²) in [6.07, 6.45) is 46.6. The van der Waals surface area contributed by atoms with Crippen LogP contribution in [-0.4, -0.2) is 99.6 Å². The van der Waals surface area contributed by atoms with E-state index in [2.05, 4.69) is 38.2 Å². The van der Waals surface area contributed by atoms with Gasteiger partial charge in [0.25, 0.3) is 0 Å². The number of aliphatic hydroxyl groups excluding tert-OH is 5. The van der Waals surface area contributed by atoms with Crippen LogP contribution in [0.4, 0.5) is 0 Å². The lowest BCUT2D eigenvalue weighted by atomic mass is 9.99. The summed E-state index contributed by atoms with van der Waals surface area (Å²) >= 11 is 0. The molecule has 0 aromatic heterocycles. The quantitative estimate of drug-likeness (QED) is 0.0195. The zero-order chi connectivity index (χ0) is 52.5. The number of nitrogens with one attached hydrogen (secondary N) is 1. The molecule has 0 spiro atoms. The molecule has 0 aromatic rings. The highest BCUT2D eigenvalue weighted by Gasteiger charge is 2.47. The average molecular weight is 1020 g/mol. The van der Waals surface area contributed by atoms with Crippen molar-refractivity contribution >= 4 is 11.9 Å². The highest BCUT2D eigenvalue weighted by atomic mass is 16.7. The van der Waals surface area contributed by atoms with E-state index in [1.54, 1.807) is 6.08 Å². The molecule has 1 amide bonds. The maximum atomic E-state index is 13.4. The second kappa shape index (κ2) is 50.0. The number of unbranched alkanes of at least 4 members (excludes halogenated alkanes) is 36. The lowest BCUT2D eigenvalue weighted by molar-refractivity contribution is -0.305. The van der Waals surface area contributed by atoms with Crippen molar-refractivity contribution in [3.63, 3.8) is 0 Å². The molecule has 0 aliphatic carbocycles. The van der Waals surface area contributed by atoms with E-state index in [1.807, 2.05) is 6.08 Å². The maximum absolute atomic E-state index is 13.4. The minimum absolute atomic E-state index is 0.128. The zero-order valence-corrected chi connectivity index (χ0v) is 46.8. The molecule has 1 aliphatic rings. The fourth-order valence-corrected chi connectivity index (χ4v) is 9.71. The number of ether oxygens (including phenoxy) is 3. The van der Waals surface area contributed by atoms with Gasteiger partial charge in [-0.1, -0.05) is 257 Å². The Morgan fingerprint density at radius 1 is 0.528 bits per heavy atom. The van der Waals surface area contributed by atoms with Crippen LogP contribution in [0.15, 0.2) is 24.3 Å². The Kier molecular flexibility index (Phi) is 47.3. The van der Waals surface area contributed by atoms with Crippen LogP contribution in [0.5, 0.6) is 0 Å². The third-order valence-corrected chi connectivity index (χ3v) is 14.6. The molecule has 11 heteroatoms. The van der Waals surface area contributed by atoms with Gasteiger partial charge in [-0.3, -0.25) is 9.59 Å². The Morgan fingerprint density at radius 3 is 1.35 bits per heavy atom. The van der Waals surface area contributed by atoms with Crippen LogP contribution in [-0.2, 0) is 23.8 Å². The van der Waals surface area contributed by atoms with E-state index in [0.29, 0.717) is 12.8 Å². The minimum Gasteiger partial charge on any atom is -0.454 e. The van der Waals surface area contributed by atoms with Crippen LogP contribution in [0.1, 0.15) is 290 Å². The summed E-state index contributed by atoms with van der Waals surface area (Å²) in [4.78, 5) is 26.5. The van der Waals surface area contributed by atoms with Gasteiger partial charge in [0.2, 0.25) is 5.91 Å². The zero-order valence-electron chi connectivity index (χ0n) is 46.8. The molecule has 0 saturated carbocycles. The summed E-state index contributed by atoms with van der Waals surface area (Å²) in [5, 5.41) is 56.8. The Labute approximate surface area is 441 Å². The van der Waals surface area contributed by atoms with Gasteiger partial charge < -0.3 is 45.1 Å². The predicted octanol–water partition coefficient (Wildman–Crippen LogP) is 14.1. The van der Waals surface area contributed by atoms with Crippen molar-refractivity contribution in [1.29, 1.82) is 0 Å². The van der Waals surface area contributed by atoms with Gasteiger partial charge in [0.05, 0.1) is 25.4 Å². The van der Waals surface area contributed by atoms with Gasteiger partial charge in [-0.15, -0.1) is 0 Å². The van der Waals surface area contributed by atoms with Crippen LogP contribution in [0.2, 0.25) is 0 Å². The fraction of sp³-hybridized carbons (Fsp3) is 0.902. The van der Waals surface area contributed by atoms with Crippen molar-refractivity contribution in [2.75, 3.05) is 13.2 Å². The summed E-state index contributed by atoms with van der Waals surface area (Å²) < 4.78 is 17.6. The third kappa shape index (κ3) is 37.8. The highest BCUT2D eigenvalue weighted by molar-refractivity contribution is 5.80. The Balaban J connectivity index is 2.66. The second-order valence-corrected chi connectivity index (χ2v) is 21.4. The number of esters is 1. The summed E-state index contributed by atoms with van der Waals surface area (Å²) in [6.45, 7) is 5.78. The van der Waals surface area contributed by atoms with Crippen LogP contribution in [0, 0.1) is 0 Å². The van der Waals surface area contributed by atoms with E-state index in [0.717, 1.165) is 57.8 Å². The molecule has 72 heavy (non-hydrogen) atoms. The molecule has 1 saturated heterocycles. The number of aliphatic hydroxyl groups is 5. The molecule has 0 bridgehead atoms.